The van der Waals surface area contributed by atoms with Crippen LogP contribution in [0.1, 0.15) is 6.92 Å². The standard InChI is InChI=1S/C19H19N5O4S/c1-3-24-17(13-5-4-8-23(2)18(13)26)21-22-19(24)29-10-16(25)20-12-6-7-14-15(9-12)28-11-27-14/h4-9H,3,10-11H2,1-2H3,(H,20,25). The zero-order valence-electron chi connectivity index (χ0n) is 15.9. The molecule has 1 aromatic carbocycles. The van der Waals surface area contributed by atoms with Crippen LogP contribution in [0.3, 0.4) is 0 Å². The van der Waals surface area contributed by atoms with Gasteiger partial charge >= 0.3 is 0 Å². The summed E-state index contributed by atoms with van der Waals surface area (Å²) >= 11 is 1.26. The van der Waals surface area contributed by atoms with E-state index in [2.05, 4.69) is 15.5 Å². The Hall–Kier alpha value is -3.27. The Balaban J connectivity index is 1.46. The molecular weight excluding hydrogens is 394 g/mol. The number of benzene rings is 1. The minimum absolute atomic E-state index is 0.147. The number of nitrogens with one attached hydrogen (secondary N) is 1. The number of nitrogens with zero attached hydrogens (tertiary/aromatic N) is 4. The molecule has 0 aliphatic carbocycles. The van der Waals surface area contributed by atoms with E-state index in [1.165, 1.54) is 16.3 Å². The van der Waals surface area contributed by atoms with Crippen molar-refractivity contribution in [1.29, 1.82) is 0 Å². The van der Waals surface area contributed by atoms with E-state index in [-0.39, 0.29) is 24.0 Å². The van der Waals surface area contributed by atoms with E-state index in [9.17, 15) is 9.59 Å². The molecule has 1 aliphatic heterocycles. The number of aromatic nitrogens is 4. The molecule has 3 heterocycles. The molecule has 0 radical (unpaired) electrons. The molecule has 1 aliphatic rings. The third-order valence-corrected chi connectivity index (χ3v) is 5.35. The summed E-state index contributed by atoms with van der Waals surface area (Å²) in [6.45, 7) is 2.70. The molecule has 29 heavy (non-hydrogen) atoms. The van der Waals surface area contributed by atoms with Crippen molar-refractivity contribution in [3.8, 4) is 22.9 Å². The monoisotopic (exact) mass is 413 g/mol. The Labute approximate surface area is 170 Å². The maximum absolute atomic E-state index is 12.4. The molecule has 0 fully saturated rings. The largest absolute Gasteiger partial charge is 0.454 e. The van der Waals surface area contributed by atoms with Crippen LogP contribution < -0.4 is 20.3 Å². The Morgan fingerprint density at radius 2 is 2.07 bits per heavy atom. The second-order valence-electron chi connectivity index (χ2n) is 6.29. The van der Waals surface area contributed by atoms with Gasteiger partial charge in [0.15, 0.2) is 22.5 Å². The van der Waals surface area contributed by atoms with Gasteiger partial charge in [0.2, 0.25) is 12.7 Å². The van der Waals surface area contributed by atoms with Gasteiger partial charge in [-0.15, -0.1) is 10.2 Å². The van der Waals surface area contributed by atoms with Crippen LogP contribution in [0.5, 0.6) is 11.5 Å². The van der Waals surface area contributed by atoms with Crippen molar-refractivity contribution in [2.24, 2.45) is 7.05 Å². The summed E-state index contributed by atoms with van der Waals surface area (Å²) in [7, 11) is 1.69. The molecule has 2 aromatic heterocycles. The van der Waals surface area contributed by atoms with Crippen molar-refractivity contribution in [2.75, 3.05) is 17.9 Å². The molecule has 150 valence electrons. The first-order valence-corrected chi connectivity index (χ1v) is 9.97. The van der Waals surface area contributed by atoms with Gasteiger partial charge in [0, 0.05) is 31.5 Å². The average Bonchev–Trinajstić information content (AvgIpc) is 3.34. The number of pyridine rings is 1. The number of thioether (sulfide) groups is 1. The van der Waals surface area contributed by atoms with Crippen molar-refractivity contribution >= 4 is 23.4 Å². The van der Waals surface area contributed by atoms with Crippen LogP contribution in [0.15, 0.2) is 46.5 Å². The van der Waals surface area contributed by atoms with E-state index in [1.54, 1.807) is 43.6 Å². The average molecular weight is 413 g/mol. The number of fused-ring (bicyclic) bond motifs is 1. The van der Waals surface area contributed by atoms with E-state index in [0.29, 0.717) is 40.3 Å². The smallest absolute Gasteiger partial charge is 0.261 e. The molecule has 0 saturated carbocycles. The molecule has 0 unspecified atom stereocenters. The summed E-state index contributed by atoms with van der Waals surface area (Å²) in [5, 5.41) is 11.8. The van der Waals surface area contributed by atoms with E-state index >= 15 is 0 Å². The Kier molecular flexibility index (Phi) is 5.26. The van der Waals surface area contributed by atoms with Gasteiger partial charge in [-0.1, -0.05) is 11.8 Å². The number of anilines is 1. The predicted molar refractivity (Wildman–Crippen MR) is 108 cm³/mol. The van der Waals surface area contributed by atoms with Crippen LogP contribution >= 0.6 is 11.8 Å². The highest BCUT2D eigenvalue weighted by molar-refractivity contribution is 7.99. The van der Waals surface area contributed by atoms with Crippen molar-refractivity contribution in [1.82, 2.24) is 19.3 Å². The fourth-order valence-corrected chi connectivity index (χ4v) is 3.75. The number of hydrogen-bond donors (Lipinski definition) is 1. The Morgan fingerprint density at radius 1 is 1.24 bits per heavy atom. The molecule has 0 spiro atoms. The molecule has 0 bridgehead atoms. The number of rotatable bonds is 6. The second-order valence-corrected chi connectivity index (χ2v) is 7.24. The molecule has 1 amide bonds. The van der Waals surface area contributed by atoms with Gasteiger partial charge < -0.3 is 23.9 Å². The molecular formula is C19H19N5O4S. The molecule has 10 heteroatoms. The van der Waals surface area contributed by atoms with Gasteiger partial charge in [0.05, 0.1) is 11.3 Å². The minimum atomic E-state index is -0.184. The Morgan fingerprint density at radius 3 is 2.90 bits per heavy atom. The minimum Gasteiger partial charge on any atom is -0.454 e. The SMILES string of the molecule is CCn1c(SCC(=O)Nc2ccc3c(c2)OCO3)nnc1-c1cccn(C)c1=O. The fraction of sp³-hybridized carbons (Fsp3) is 0.263. The van der Waals surface area contributed by atoms with Crippen LogP contribution in [0.4, 0.5) is 5.69 Å². The van der Waals surface area contributed by atoms with E-state index in [1.807, 2.05) is 11.5 Å². The molecule has 3 aromatic rings. The van der Waals surface area contributed by atoms with Crippen LogP contribution in [0.2, 0.25) is 0 Å². The number of aryl methyl sites for hydroxylation is 1. The summed E-state index contributed by atoms with van der Waals surface area (Å²) in [6.07, 6.45) is 1.69. The zero-order chi connectivity index (χ0) is 20.4. The zero-order valence-corrected chi connectivity index (χ0v) is 16.7. The normalized spacial score (nSPS) is 12.2. The lowest BCUT2D eigenvalue weighted by atomic mass is 10.2. The summed E-state index contributed by atoms with van der Waals surface area (Å²) in [5.74, 6) is 1.73. The maximum Gasteiger partial charge on any atom is 0.261 e. The lowest BCUT2D eigenvalue weighted by molar-refractivity contribution is -0.113. The number of ether oxygens (including phenoxy) is 2. The number of carbonyl (C=O) groups excluding carboxylic acids is 1. The topological polar surface area (TPSA) is 100 Å². The van der Waals surface area contributed by atoms with Gasteiger partial charge in [-0.05, 0) is 31.2 Å². The fourth-order valence-electron chi connectivity index (χ4n) is 2.95. The number of amides is 1. The van der Waals surface area contributed by atoms with Gasteiger partial charge in [-0.25, -0.2) is 0 Å². The van der Waals surface area contributed by atoms with E-state index < -0.39 is 0 Å². The van der Waals surface area contributed by atoms with Crippen molar-refractivity contribution < 1.29 is 14.3 Å². The number of carbonyl (C=O) groups is 1. The van der Waals surface area contributed by atoms with Crippen LogP contribution in [0.25, 0.3) is 11.4 Å². The van der Waals surface area contributed by atoms with E-state index in [4.69, 9.17) is 9.47 Å². The highest BCUT2D eigenvalue weighted by Gasteiger charge is 2.18. The van der Waals surface area contributed by atoms with Crippen LogP contribution in [-0.4, -0.2) is 37.8 Å². The summed E-state index contributed by atoms with van der Waals surface area (Å²) in [5.41, 5.74) is 0.956. The molecule has 0 saturated heterocycles. The third-order valence-electron chi connectivity index (χ3n) is 4.39. The first-order valence-electron chi connectivity index (χ1n) is 8.98. The van der Waals surface area contributed by atoms with Crippen LogP contribution in [0, 0.1) is 0 Å². The predicted octanol–water partition coefficient (Wildman–Crippen LogP) is 2.12. The Bertz CT molecular complexity index is 1120. The van der Waals surface area contributed by atoms with Crippen molar-refractivity contribution in [2.45, 2.75) is 18.6 Å². The first-order chi connectivity index (χ1) is 14.1. The lowest BCUT2D eigenvalue weighted by Gasteiger charge is -2.08. The van der Waals surface area contributed by atoms with Gasteiger partial charge in [0.25, 0.3) is 5.56 Å². The molecule has 9 nitrogen and oxygen atoms in total. The molecule has 1 N–H and O–H groups in total. The number of hydrogen-bond acceptors (Lipinski definition) is 7. The van der Waals surface area contributed by atoms with Gasteiger partial charge in [-0.2, -0.15) is 0 Å². The van der Waals surface area contributed by atoms with Crippen LogP contribution in [-0.2, 0) is 18.4 Å². The van der Waals surface area contributed by atoms with Crippen molar-refractivity contribution in [3.05, 3.63) is 46.9 Å². The lowest BCUT2D eigenvalue weighted by Crippen LogP contribution is -2.19. The maximum atomic E-state index is 12.4. The summed E-state index contributed by atoms with van der Waals surface area (Å²) in [4.78, 5) is 24.7. The summed E-state index contributed by atoms with van der Waals surface area (Å²) < 4.78 is 13.9. The van der Waals surface area contributed by atoms with Gasteiger partial charge in [-0.3, -0.25) is 9.59 Å². The molecule has 4 rings (SSSR count). The summed E-state index contributed by atoms with van der Waals surface area (Å²) in [6, 6.07) is 8.75. The quantitative estimate of drug-likeness (QED) is 0.618. The highest BCUT2D eigenvalue weighted by Crippen LogP contribution is 2.34. The second kappa shape index (κ2) is 8.00. The van der Waals surface area contributed by atoms with Crippen molar-refractivity contribution in [3.63, 3.8) is 0 Å². The third kappa shape index (κ3) is 3.83. The van der Waals surface area contributed by atoms with Gasteiger partial charge in [0.1, 0.15) is 0 Å². The molecule has 0 atom stereocenters. The highest BCUT2D eigenvalue weighted by atomic mass is 32.2. The first kappa shape index (κ1) is 19.1. The van der Waals surface area contributed by atoms with E-state index in [0.717, 1.165) is 0 Å².